The lowest BCUT2D eigenvalue weighted by atomic mass is 10.1. The van der Waals surface area contributed by atoms with Gasteiger partial charge in [0.1, 0.15) is 0 Å². The van der Waals surface area contributed by atoms with Gasteiger partial charge in [0.05, 0.1) is 10.3 Å². The van der Waals surface area contributed by atoms with Crippen LogP contribution in [0.4, 0.5) is 0 Å². The van der Waals surface area contributed by atoms with E-state index >= 15 is 0 Å². The molecule has 0 aromatic heterocycles. The van der Waals surface area contributed by atoms with Crippen molar-refractivity contribution in [1.29, 1.82) is 0 Å². The number of nitrogens with zero attached hydrogens (tertiary/aromatic N) is 1. The fourth-order valence-electron chi connectivity index (χ4n) is 2.47. The molecule has 0 saturated carbocycles. The Morgan fingerprint density at radius 3 is 2.71 bits per heavy atom. The number of halogens is 2. The first-order valence-electron chi connectivity index (χ1n) is 7.08. The smallest absolute Gasteiger partial charge is 0.235 e. The molecule has 116 valence electrons. The van der Waals surface area contributed by atoms with Crippen molar-refractivity contribution in [2.75, 3.05) is 20.1 Å². The third-order valence-corrected chi connectivity index (χ3v) is 5.57. The first kappa shape index (κ1) is 16.9. The van der Waals surface area contributed by atoms with Crippen molar-refractivity contribution in [2.24, 2.45) is 0 Å². The van der Waals surface area contributed by atoms with E-state index in [1.807, 2.05) is 24.9 Å². The Morgan fingerprint density at radius 1 is 1.38 bits per heavy atom. The zero-order valence-corrected chi connectivity index (χ0v) is 14.6. The standard InChI is InChI=1S/C15H20Cl2N2OS/c1-10(21-14-9-11(16)3-4-13(14)17)15(20)19(2)12-5-7-18-8-6-12/h3-4,9-10,12,18H,5-8H2,1-2H3. The van der Waals surface area contributed by atoms with Gasteiger partial charge in [-0.3, -0.25) is 4.79 Å². The molecule has 1 N–H and O–H groups in total. The van der Waals surface area contributed by atoms with Gasteiger partial charge in [-0.2, -0.15) is 0 Å². The van der Waals surface area contributed by atoms with Crippen LogP contribution in [0.1, 0.15) is 19.8 Å². The van der Waals surface area contributed by atoms with Crippen LogP contribution in [0, 0.1) is 0 Å². The van der Waals surface area contributed by atoms with Gasteiger partial charge in [-0.25, -0.2) is 0 Å². The van der Waals surface area contributed by atoms with E-state index in [2.05, 4.69) is 5.32 Å². The molecule has 1 amide bonds. The molecule has 0 spiro atoms. The molecule has 1 saturated heterocycles. The molecule has 1 aromatic rings. The van der Waals surface area contributed by atoms with Crippen LogP contribution in [0.15, 0.2) is 23.1 Å². The highest BCUT2D eigenvalue weighted by Gasteiger charge is 2.26. The Labute approximate surface area is 140 Å². The van der Waals surface area contributed by atoms with Crippen LogP contribution in [0.25, 0.3) is 0 Å². The number of benzene rings is 1. The Morgan fingerprint density at radius 2 is 2.05 bits per heavy atom. The summed E-state index contributed by atoms with van der Waals surface area (Å²) in [4.78, 5) is 15.3. The second-order valence-electron chi connectivity index (χ2n) is 5.27. The molecule has 0 radical (unpaired) electrons. The molecule has 1 aliphatic heterocycles. The highest BCUT2D eigenvalue weighted by Crippen LogP contribution is 2.33. The number of hydrogen-bond donors (Lipinski definition) is 1. The molecule has 1 heterocycles. The number of nitrogens with one attached hydrogen (secondary N) is 1. The molecule has 1 atom stereocenters. The second-order valence-corrected chi connectivity index (χ2v) is 7.49. The van der Waals surface area contributed by atoms with E-state index in [4.69, 9.17) is 23.2 Å². The highest BCUT2D eigenvalue weighted by atomic mass is 35.5. The van der Waals surface area contributed by atoms with Crippen molar-refractivity contribution in [3.8, 4) is 0 Å². The third-order valence-electron chi connectivity index (χ3n) is 3.75. The van der Waals surface area contributed by atoms with Gasteiger partial charge in [-0.1, -0.05) is 23.2 Å². The molecule has 6 heteroatoms. The van der Waals surface area contributed by atoms with E-state index in [-0.39, 0.29) is 11.2 Å². The number of piperidine rings is 1. The molecule has 2 rings (SSSR count). The van der Waals surface area contributed by atoms with Gasteiger partial charge >= 0.3 is 0 Å². The van der Waals surface area contributed by atoms with Crippen LogP contribution in [-0.2, 0) is 4.79 Å². The predicted octanol–water partition coefficient (Wildman–Crippen LogP) is 3.68. The van der Waals surface area contributed by atoms with Crippen molar-refractivity contribution < 1.29 is 4.79 Å². The SMILES string of the molecule is CC(Sc1cc(Cl)ccc1Cl)C(=O)N(C)C1CCNCC1. The number of rotatable bonds is 4. The summed E-state index contributed by atoms with van der Waals surface area (Å²) in [6.45, 7) is 3.87. The summed E-state index contributed by atoms with van der Waals surface area (Å²) in [7, 11) is 1.90. The lowest BCUT2D eigenvalue weighted by Gasteiger charge is -2.33. The molecule has 1 aliphatic rings. The van der Waals surface area contributed by atoms with Crippen molar-refractivity contribution in [1.82, 2.24) is 10.2 Å². The minimum atomic E-state index is -0.180. The summed E-state index contributed by atoms with van der Waals surface area (Å²) in [5.74, 6) is 0.142. The number of carbonyl (C=O) groups excluding carboxylic acids is 1. The summed E-state index contributed by atoms with van der Waals surface area (Å²) >= 11 is 13.6. The van der Waals surface area contributed by atoms with Crippen LogP contribution in [0.3, 0.4) is 0 Å². The van der Waals surface area contributed by atoms with Crippen LogP contribution in [-0.4, -0.2) is 42.2 Å². The molecule has 1 fully saturated rings. The Bertz CT molecular complexity index is 506. The minimum Gasteiger partial charge on any atom is -0.342 e. The summed E-state index contributed by atoms with van der Waals surface area (Å²) in [5, 5.41) is 4.40. The maximum absolute atomic E-state index is 12.6. The van der Waals surface area contributed by atoms with Gasteiger partial charge in [0.2, 0.25) is 5.91 Å². The Hall–Kier alpha value is -0.420. The average molecular weight is 347 g/mol. The summed E-state index contributed by atoms with van der Waals surface area (Å²) in [6, 6.07) is 5.65. The maximum atomic E-state index is 12.6. The van der Waals surface area contributed by atoms with Crippen molar-refractivity contribution >= 4 is 40.9 Å². The number of amides is 1. The van der Waals surface area contributed by atoms with Gasteiger partial charge < -0.3 is 10.2 Å². The lowest BCUT2D eigenvalue weighted by molar-refractivity contribution is -0.131. The zero-order chi connectivity index (χ0) is 15.4. The highest BCUT2D eigenvalue weighted by molar-refractivity contribution is 8.00. The third kappa shape index (κ3) is 4.52. The van der Waals surface area contributed by atoms with E-state index < -0.39 is 0 Å². The topological polar surface area (TPSA) is 32.3 Å². The molecule has 1 unspecified atom stereocenters. The Kier molecular flexibility index (Phi) is 6.23. The summed E-state index contributed by atoms with van der Waals surface area (Å²) in [6.07, 6.45) is 2.02. The van der Waals surface area contributed by atoms with Gasteiger partial charge in [-0.15, -0.1) is 11.8 Å². The lowest BCUT2D eigenvalue weighted by Crippen LogP contribution is -2.46. The molecule has 0 aliphatic carbocycles. The van der Waals surface area contributed by atoms with E-state index in [0.717, 1.165) is 30.8 Å². The summed E-state index contributed by atoms with van der Waals surface area (Å²) < 4.78 is 0. The number of hydrogen-bond acceptors (Lipinski definition) is 3. The minimum absolute atomic E-state index is 0.142. The maximum Gasteiger partial charge on any atom is 0.235 e. The largest absolute Gasteiger partial charge is 0.342 e. The molecule has 0 bridgehead atoms. The van der Waals surface area contributed by atoms with Crippen LogP contribution >= 0.6 is 35.0 Å². The van der Waals surface area contributed by atoms with Gasteiger partial charge in [-0.05, 0) is 51.1 Å². The van der Waals surface area contributed by atoms with Crippen LogP contribution in [0.5, 0.6) is 0 Å². The molecule has 1 aromatic carbocycles. The molecular weight excluding hydrogens is 327 g/mol. The monoisotopic (exact) mass is 346 g/mol. The molecule has 21 heavy (non-hydrogen) atoms. The summed E-state index contributed by atoms with van der Waals surface area (Å²) in [5.41, 5.74) is 0. The van der Waals surface area contributed by atoms with E-state index in [1.165, 1.54) is 11.8 Å². The fraction of sp³-hybridized carbons (Fsp3) is 0.533. The van der Waals surface area contributed by atoms with Gasteiger partial charge in [0.15, 0.2) is 0 Å². The predicted molar refractivity (Wildman–Crippen MR) is 90.4 cm³/mol. The van der Waals surface area contributed by atoms with Crippen LogP contribution < -0.4 is 5.32 Å². The fourth-order valence-corrected chi connectivity index (χ4v) is 3.98. The first-order valence-corrected chi connectivity index (χ1v) is 8.71. The van der Waals surface area contributed by atoms with Crippen molar-refractivity contribution in [2.45, 2.75) is 36.0 Å². The number of carbonyl (C=O) groups is 1. The van der Waals surface area contributed by atoms with Gasteiger partial charge in [0.25, 0.3) is 0 Å². The number of thioether (sulfide) groups is 1. The molecular formula is C15H20Cl2N2OS. The first-order chi connectivity index (χ1) is 9.99. The van der Waals surface area contributed by atoms with Gasteiger partial charge in [0, 0.05) is 23.0 Å². The van der Waals surface area contributed by atoms with E-state index in [0.29, 0.717) is 16.1 Å². The second kappa shape index (κ2) is 7.73. The van der Waals surface area contributed by atoms with E-state index in [1.54, 1.807) is 12.1 Å². The Balaban J connectivity index is 1.99. The van der Waals surface area contributed by atoms with Crippen LogP contribution in [0.2, 0.25) is 10.0 Å². The molecule has 3 nitrogen and oxygen atoms in total. The average Bonchev–Trinajstić information content (AvgIpc) is 2.50. The zero-order valence-electron chi connectivity index (χ0n) is 12.2. The van der Waals surface area contributed by atoms with Crippen molar-refractivity contribution in [3.05, 3.63) is 28.2 Å². The van der Waals surface area contributed by atoms with E-state index in [9.17, 15) is 4.79 Å². The quantitative estimate of drug-likeness (QED) is 0.844. The van der Waals surface area contributed by atoms with Crippen molar-refractivity contribution in [3.63, 3.8) is 0 Å². The normalized spacial score (nSPS) is 17.5.